The molecule has 2 rings (SSSR count). The van der Waals surface area contributed by atoms with E-state index in [-0.39, 0.29) is 12.5 Å². The van der Waals surface area contributed by atoms with Crippen LogP contribution in [0.15, 0.2) is 48.5 Å². The molecule has 0 bridgehead atoms. The predicted molar refractivity (Wildman–Crippen MR) is 77.4 cm³/mol. The van der Waals surface area contributed by atoms with Gasteiger partial charge in [-0.2, -0.15) is 0 Å². The molecule has 2 aromatic rings. The van der Waals surface area contributed by atoms with Gasteiger partial charge in [-0.25, -0.2) is 0 Å². The van der Waals surface area contributed by atoms with Gasteiger partial charge in [-0.05, 0) is 11.6 Å². The highest BCUT2D eigenvalue weighted by Gasteiger charge is 2.06. The van der Waals surface area contributed by atoms with E-state index in [2.05, 4.69) is 5.32 Å². The third-order valence-electron chi connectivity index (χ3n) is 2.80. The molecule has 20 heavy (non-hydrogen) atoms. The maximum Gasteiger partial charge on any atom is 0.221 e. The molecule has 0 aliphatic rings. The number of hydrogen-bond donors (Lipinski definition) is 2. The maximum absolute atomic E-state index is 11.1. The summed E-state index contributed by atoms with van der Waals surface area (Å²) in [7, 11) is 0. The Morgan fingerprint density at radius 1 is 1.20 bits per heavy atom. The Bertz CT molecular complexity index is 582. The van der Waals surface area contributed by atoms with E-state index in [1.807, 2.05) is 30.3 Å². The molecule has 0 saturated heterocycles. The minimum Gasteiger partial charge on any atom is -0.488 e. The number of aliphatic hydroxyl groups is 1. The summed E-state index contributed by atoms with van der Waals surface area (Å²) < 4.78 is 5.73. The topological polar surface area (TPSA) is 58.6 Å². The van der Waals surface area contributed by atoms with Gasteiger partial charge < -0.3 is 15.2 Å². The van der Waals surface area contributed by atoms with E-state index >= 15 is 0 Å². The van der Waals surface area contributed by atoms with Crippen molar-refractivity contribution in [2.45, 2.75) is 20.1 Å². The summed E-state index contributed by atoms with van der Waals surface area (Å²) in [4.78, 5) is 11.1. The summed E-state index contributed by atoms with van der Waals surface area (Å²) >= 11 is 0. The molecule has 4 heteroatoms. The van der Waals surface area contributed by atoms with Crippen LogP contribution in [0.25, 0.3) is 0 Å². The summed E-state index contributed by atoms with van der Waals surface area (Å²) in [5, 5.41) is 12.0. The first-order chi connectivity index (χ1) is 9.69. The van der Waals surface area contributed by atoms with E-state index in [0.29, 0.717) is 23.6 Å². The van der Waals surface area contributed by atoms with Gasteiger partial charge in [0.1, 0.15) is 12.4 Å². The molecule has 1 amide bonds. The lowest BCUT2D eigenvalue weighted by Crippen LogP contribution is -2.06. The number of rotatable bonds is 5. The van der Waals surface area contributed by atoms with Gasteiger partial charge in [-0.1, -0.05) is 36.4 Å². The second-order valence-corrected chi connectivity index (χ2v) is 4.44. The second kappa shape index (κ2) is 6.73. The average Bonchev–Trinajstić information content (AvgIpc) is 2.46. The van der Waals surface area contributed by atoms with Gasteiger partial charge >= 0.3 is 0 Å². The molecule has 0 aliphatic heterocycles. The van der Waals surface area contributed by atoms with Crippen molar-refractivity contribution in [3.8, 4) is 5.75 Å². The van der Waals surface area contributed by atoms with Crippen molar-refractivity contribution in [2.75, 3.05) is 5.32 Å². The molecule has 0 fully saturated rings. The normalized spacial score (nSPS) is 10.1. The van der Waals surface area contributed by atoms with Gasteiger partial charge in [0.05, 0.1) is 6.61 Å². The highest BCUT2D eigenvalue weighted by atomic mass is 16.5. The molecule has 104 valence electrons. The van der Waals surface area contributed by atoms with Gasteiger partial charge in [0.25, 0.3) is 0 Å². The molecule has 0 atom stereocenters. The number of hydrogen-bond acceptors (Lipinski definition) is 3. The van der Waals surface area contributed by atoms with Crippen LogP contribution in [0.3, 0.4) is 0 Å². The molecule has 0 spiro atoms. The fraction of sp³-hybridized carbons (Fsp3) is 0.188. The summed E-state index contributed by atoms with van der Waals surface area (Å²) in [6.45, 7) is 1.76. The Labute approximate surface area is 118 Å². The lowest BCUT2D eigenvalue weighted by Gasteiger charge is -2.12. The number of aliphatic hydroxyl groups excluding tert-OH is 1. The Morgan fingerprint density at radius 3 is 2.60 bits per heavy atom. The molecule has 4 nitrogen and oxygen atoms in total. The Balaban J connectivity index is 2.13. The smallest absolute Gasteiger partial charge is 0.221 e. The van der Waals surface area contributed by atoms with Gasteiger partial charge in [-0.15, -0.1) is 0 Å². The van der Waals surface area contributed by atoms with Crippen LogP contribution in [-0.4, -0.2) is 11.0 Å². The van der Waals surface area contributed by atoms with Gasteiger partial charge in [-0.3, -0.25) is 4.79 Å². The average molecular weight is 271 g/mol. The fourth-order valence-electron chi connectivity index (χ4n) is 1.84. The van der Waals surface area contributed by atoms with Gasteiger partial charge in [0.2, 0.25) is 5.91 Å². The molecule has 2 N–H and O–H groups in total. The molecule has 0 aromatic heterocycles. The highest BCUT2D eigenvalue weighted by Crippen LogP contribution is 2.24. The molecule has 0 saturated carbocycles. The molecule has 0 aliphatic carbocycles. The first-order valence-corrected chi connectivity index (χ1v) is 6.37. The van der Waals surface area contributed by atoms with E-state index in [9.17, 15) is 9.90 Å². The zero-order chi connectivity index (χ0) is 14.4. The minimum absolute atomic E-state index is 0.107. The monoisotopic (exact) mass is 271 g/mol. The molecule has 0 radical (unpaired) electrons. The lowest BCUT2D eigenvalue weighted by atomic mass is 10.2. The summed E-state index contributed by atoms with van der Waals surface area (Å²) in [5.74, 6) is 0.429. The van der Waals surface area contributed by atoms with Crippen molar-refractivity contribution in [1.29, 1.82) is 0 Å². The summed E-state index contributed by atoms with van der Waals surface area (Å²) in [5.41, 5.74) is 2.38. The van der Waals surface area contributed by atoms with Crippen LogP contribution in [-0.2, 0) is 18.0 Å². The Morgan fingerprint density at radius 2 is 1.95 bits per heavy atom. The lowest BCUT2D eigenvalue weighted by molar-refractivity contribution is -0.114. The largest absolute Gasteiger partial charge is 0.488 e. The van der Waals surface area contributed by atoms with Gasteiger partial charge in [0.15, 0.2) is 0 Å². The van der Waals surface area contributed by atoms with Crippen LogP contribution >= 0.6 is 0 Å². The van der Waals surface area contributed by atoms with E-state index in [1.165, 1.54) is 6.92 Å². The standard InChI is InChI=1S/C16H17NO3/c1-12(19)17-15-8-7-14(10-18)16(9-15)20-11-13-5-3-2-4-6-13/h2-9,18H,10-11H2,1H3,(H,17,19). The molecule has 0 heterocycles. The molecule has 0 unspecified atom stereocenters. The van der Waals surface area contributed by atoms with Crippen molar-refractivity contribution >= 4 is 11.6 Å². The number of amides is 1. The first kappa shape index (κ1) is 14.1. The van der Waals surface area contributed by atoms with Crippen molar-refractivity contribution in [2.24, 2.45) is 0 Å². The van der Waals surface area contributed by atoms with Crippen molar-refractivity contribution < 1.29 is 14.6 Å². The Hall–Kier alpha value is -2.33. The van der Waals surface area contributed by atoms with Crippen molar-refractivity contribution in [3.05, 3.63) is 59.7 Å². The minimum atomic E-state index is -0.143. The molecular formula is C16H17NO3. The summed E-state index contributed by atoms with van der Waals surface area (Å²) in [6.07, 6.45) is 0. The van der Waals surface area contributed by atoms with Gasteiger partial charge in [0, 0.05) is 24.2 Å². The van der Waals surface area contributed by atoms with Crippen LogP contribution < -0.4 is 10.1 Å². The number of ether oxygens (including phenoxy) is 1. The maximum atomic E-state index is 11.1. The number of benzene rings is 2. The first-order valence-electron chi connectivity index (χ1n) is 6.37. The quantitative estimate of drug-likeness (QED) is 0.879. The molecule has 2 aromatic carbocycles. The fourth-order valence-corrected chi connectivity index (χ4v) is 1.84. The number of carbonyl (C=O) groups is 1. The number of carbonyl (C=O) groups excluding carboxylic acids is 1. The third-order valence-corrected chi connectivity index (χ3v) is 2.80. The van der Waals surface area contributed by atoms with Crippen molar-refractivity contribution in [3.63, 3.8) is 0 Å². The van der Waals surface area contributed by atoms with Crippen LogP contribution in [0.2, 0.25) is 0 Å². The van der Waals surface area contributed by atoms with Crippen LogP contribution in [0.1, 0.15) is 18.1 Å². The van der Waals surface area contributed by atoms with E-state index in [4.69, 9.17) is 4.74 Å². The van der Waals surface area contributed by atoms with E-state index in [0.717, 1.165) is 5.56 Å². The van der Waals surface area contributed by atoms with Crippen molar-refractivity contribution in [1.82, 2.24) is 0 Å². The SMILES string of the molecule is CC(=O)Nc1ccc(CO)c(OCc2ccccc2)c1. The summed E-state index contributed by atoms with van der Waals surface area (Å²) in [6, 6.07) is 15.0. The van der Waals surface area contributed by atoms with E-state index < -0.39 is 0 Å². The second-order valence-electron chi connectivity index (χ2n) is 4.44. The third kappa shape index (κ3) is 3.83. The Kier molecular flexibility index (Phi) is 4.74. The van der Waals surface area contributed by atoms with E-state index in [1.54, 1.807) is 18.2 Å². The predicted octanol–water partition coefficient (Wildman–Crippen LogP) is 2.72. The van der Waals surface area contributed by atoms with Crippen LogP contribution in [0.5, 0.6) is 5.75 Å². The zero-order valence-electron chi connectivity index (χ0n) is 11.3. The highest BCUT2D eigenvalue weighted by molar-refractivity contribution is 5.88. The zero-order valence-corrected chi connectivity index (χ0v) is 11.3. The van der Waals surface area contributed by atoms with Crippen LogP contribution in [0, 0.1) is 0 Å². The molecular weight excluding hydrogens is 254 g/mol. The number of anilines is 1. The number of nitrogens with one attached hydrogen (secondary N) is 1. The van der Waals surface area contributed by atoms with Crippen LogP contribution in [0.4, 0.5) is 5.69 Å².